The maximum Gasteiger partial charge on any atom is 0.292 e. The van der Waals surface area contributed by atoms with Crippen molar-refractivity contribution in [3.05, 3.63) is 69.9 Å². The first-order chi connectivity index (χ1) is 12.8. The van der Waals surface area contributed by atoms with Gasteiger partial charge in [-0.15, -0.1) is 0 Å². The molecule has 0 bridgehead atoms. The number of fused-ring (bicyclic) bond motifs is 1. The van der Waals surface area contributed by atoms with Gasteiger partial charge in [-0.3, -0.25) is 9.59 Å². The molecule has 1 heterocycles. The van der Waals surface area contributed by atoms with Gasteiger partial charge in [-0.2, -0.15) is 10.2 Å². The summed E-state index contributed by atoms with van der Waals surface area (Å²) in [4.78, 5) is 23.8. The van der Waals surface area contributed by atoms with Crippen molar-refractivity contribution in [2.75, 3.05) is 6.26 Å². The first kappa shape index (κ1) is 18.4. The highest BCUT2D eigenvalue weighted by atomic mass is 32.2. The van der Waals surface area contributed by atoms with E-state index in [9.17, 15) is 22.4 Å². The van der Waals surface area contributed by atoms with Crippen LogP contribution in [0.2, 0.25) is 0 Å². The first-order valence-corrected chi connectivity index (χ1v) is 9.47. The van der Waals surface area contributed by atoms with Gasteiger partial charge in [0.2, 0.25) is 0 Å². The fourth-order valence-corrected chi connectivity index (χ4v) is 2.98. The van der Waals surface area contributed by atoms with Crippen LogP contribution < -0.4 is 11.0 Å². The minimum Gasteiger partial charge on any atom is -0.267 e. The van der Waals surface area contributed by atoms with Crippen LogP contribution in [0.3, 0.4) is 0 Å². The Morgan fingerprint density at radius 1 is 1.22 bits per heavy atom. The number of amides is 1. The standard InChI is InChI=1S/C17H13FN4O4S/c1-27(25,26)11-7-6-10(14(18)8-11)9-19-21-17(24)15-12-4-2-3-5-13(12)16(23)22-20-15/h2-9H,1H3,(H,21,24)(H,22,23)/b19-9+. The van der Waals surface area contributed by atoms with Gasteiger partial charge in [-0.05, 0) is 24.3 Å². The Morgan fingerprint density at radius 2 is 1.93 bits per heavy atom. The average molecular weight is 388 g/mol. The Labute approximate surface area is 152 Å². The highest BCUT2D eigenvalue weighted by molar-refractivity contribution is 7.90. The number of hydrogen-bond donors (Lipinski definition) is 2. The van der Waals surface area contributed by atoms with Gasteiger partial charge in [0.05, 0.1) is 16.5 Å². The lowest BCUT2D eigenvalue weighted by Gasteiger charge is -2.03. The maximum atomic E-state index is 14.0. The number of H-pyrrole nitrogens is 1. The molecule has 3 rings (SSSR count). The minimum absolute atomic E-state index is 0.0121. The van der Waals surface area contributed by atoms with Crippen molar-refractivity contribution in [1.29, 1.82) is 0 Å². The van der Waals surface area contributed by atoms with Crippen molar-refractivity contribution in [3.8, 4) is 0 Å². The number of benzene rings is 2. The van der Waals surface area contributed by atoms with Crippen molar-refractivity contribution < 1.29 is 17.6 Å². The number of carbonyl (C=O) groups excluding carboxylic acids is 1. The molecule has 0 saturated carbocycles. The van der Waals surface area contributed by atoms with Gasteiger partial charge in [0, 0.05) is 17.2 Å². The Balaban J connectivity index is 1.83. The monoisotopic (exact) mass is 388 g/mol. The van der Waals surface area contributed by atoms with Crippen molar-refractivity contribution in [1.82, 2.24) is 15.6 Å². The lowest BCUT2D eigenvalue weighted by atomic mass is 10.1. The SMILES string of the molecule is CS(=O)(=O)c1ccc(/C=N/NC(=O)c2n[nH]c(=O)c3ccccc23)c(F)c1. The minimum atomic E-state index is -3.53. The molecule has 2 N–H and O–H groups in total. The Kier molecular flexibility index (Phi) is 4.82. The van der Waals surface area contributed by atoms with Crippen molar-refractivity contribution in [2.24, 2.45) is 5.10 Å². The molecule has 0 fully saturated rings. The molecule has 0 radical (unpaired) electrons. The van der Waals surface area contributed by atoms with Crippen LogP contribution in [0.1, 0.15) is 16.1 Å². The molecule has 2 aromatic carbocycles. The zero-order valence-electron chi connectivity index (χ0n) is 13.9. The predicted octanol–water partition coefficient (Wildman–Crippen LogP) is 1.23. The van der Waals surface area contributed by atoms with E-state index in [4.69, 9.17) is 0 Å². The zero-order chi connectivity index (χ0) is 19.6. The maximum absolute atomic E-state index is 14.0. The van der Waals surface area contributed by atoms with Crippen LogP contribution >= 0.6 is 0 Å². The Bertz CT molecular complexity index is 1240. The number of nitrogens with zero attached hydrogens (tertiary/aromatic N) is 2. The average Bonchev–Trinajstić information content (AvgIpc) is 2.62. The number of sulfone groups is 1. The van der Waals surface area contributed by atoms with Gasteiger partial charge in [-0.25, -0.2) is 23.3 Å². The Morgan fingerprint density at radius 3 is 2.59 bits per heavy atom. The molecule has 1 amide bonds. The second-order valence-corrected chi connectivity index (χ2v) is 7.62. The molecule has 10 heteroatoms. The van der Waals surface area contributed by atoms with E-state index < -0.39 is 27.1 Å². The van der Waals surface area contributed by atoms with Gasteiger partial charge >= 0.3 is 0 Å². The first-order valence-electron chi connectivity index (χ1n) is 7.58. The Hall–Kier alpha value is -3.40. The number of aromatic nitrogens is 2. The summed E-state index contributed by atoms with van der Waals surface area (Å²) in [6, 6.07) is 9.76. The second kappa shape index (κ2) is 7.08. The molecule has 3 aromatic rings. The summed E-state index contributed by atoms with van der Waals surface area (Å²) in [7, 11) is -3.53. The van der Waals surface area contributed by atoms with Crippen LogP contribution in [0.25, 0.3) is 10.8 Å². The van der Waals surface area contributed by atoms with Gasteiger partial charge in [0.25, 0.3) is 11.5 Å². The van der Waals surface area contributed by atoms with Crippen LogP contribution in [-0.2, 0) is 9.84 Å². The number of nitrogens with one attached hydrogen (secondary N) is 2. The summed E-state index contributed by atoms with van der Waals surface area (Å²) in [6.45, 7) is 0. The quantitative estimate of drug-likeness (QED) is 0.514. The molecule has 1 aromatic heterocycles. The van der Waals surface area contributed by atoms with Gasteiger partial charge in [0.1, 0.15) is 5.82 Å². The number of rotatable bonds is 4. The van der Waals surface area contributed by atoms with Crippen molar-refractivity contribution in [2.45, 2.75) is 4.90 Å². The van der Waals surface area contributed by atoms with Crippen LogP contribution in [0.15, 0.2) is 57.3 Å². The highest BCUT2D eigenvalue weighted by Crippen LogP contribution is 2.14. The van der Waals surface area contributed by atoms with E-state index in [-0.39, 0.29) is 16.2 Å². The molecule has 27 heavy (non-hydrogen) atoms. The number of hydrazone groups is 1. The second-order valence-electron chi connectivity index (χ2n) is 5.60. The van der Waals surface area contributed by atoms with Crippen LogP contribution in [0.5, 0.6) is 0 Å². The van der Waals surface area contributed by atoms with E-state index >= 15 is 0 Å². The molecule has 138 valence electrons. The molecule has 0 aliphatic heterocycles. The van der Waals surface area contributed by atoms with Gasteiger partial charge in [0.15, 0.2) is 15.5 Å². The van der Waals surface area contributed by atoms with Crippen molar-refractivity contribution in [3.63, 3.8) is 0 Å². The van der Waals surface area contributed by atoms with E-state index in [1.165, 1.54) is 12.1 Å². The lowest BCUT2D eigenvalue weighted by Crippen LogP contribution is -2.22. The predicted molar refractivity (Wildman–Crippen MR) is 96.9 cm³/mol. The van der Waals surface area contributed by atoms with E-state index in [0.717, 1.165) is 18.5 Å². The molecule has 8 nitrogen and oxygen atoms in total. The number of carbonyl (C=O) groups is 1. The van der Waals surface area contributed by atoms with Crippen LogP contribution in [0, 0.1) is 5.82 Å². The van der Waals surface area contributed by atoms with Crippen LogP contribution in [0.4, 0.5) is 4.39 Å². The highest BCUT2D eigenvalue weighted by Gasteiger charge is 2.13. The molecule has 0 saturated heterocycles. The third-order valence-electron chi connectivity index (χ3n) is 3.68. The normalized spacial score (nSPS) is 11.8. The lowest BCUT2D eigenvalue weighted by molar-refractivity contribution is 0.0951. The smallest absolute Gasteiger partial charge is 0.267 e. The summed E-state index contributed by atoms with van der Waals surface area (Å²) in [5, 5.41) is 10.2. The summed E-state index contributed by atoms with van der Waals surface area (Å²) < 4.78 is 36.8. The number of aromatic amines is 1. The van der Waals surface area contributed by atoms with Crippen LogP contribution in [-0.4, -0.2) is 37.0 Å². The molecule has 0 aliphatic carbocycles. The van der Waals surface area contributed by atoms with E-state index in [1.54, 1.807) is 24.3 Å². The van der Waals surface area contributed by atoms with E-state index in [1.807, 2.05) is 0 Å². The van der Waals surface area contributed by atoms with Gasteiger partial charge < -0.3 is 0 Å². The third-order valence-corrected chi connectivity index (χ3v) is 4.79. The molecular weight excluding hydrogens is 375 g/mol. The third kappa shape index (κ3) is 3.90. The van der Waals surface area contributed by atoms with E-state index in [0.29, 0.717) is 10.8 Å². The summed E-state index contributed by atoms with van der Waals surface area (Å²) >= 11 is 0. The molecule has 0 aliphatic rings. The number of hydrogen-bond acceptors (Lipinski definition) is 6. The fraction of sp³-hybridized carbons (Fsp3) is 0.0588. The number of halogens is 1. The largest absolute Gasteiger partial charge is 0.292 e. The summed E-state index contributed by atoms with van der Waals surface area (Å²) in [5.41, 5.74) is 1.70. The molecule has 0 spiro atoms. The van der Waals surface area contributed by atoms with Crippen molar-refractivity contribution >= 4 is 32.7 Å². The summed E-state index contributed by atoms with van der Waals surface area (Å²) in [6.07, 6.45) is 2.00. The molecule has 0 atom stereocenters. The van der Waals surface area contributed by atoms with E-state index in [2.05, 4.69) is 20.7 Å². The fourth-order valence-electron chi connectivity index (χ4n) is 2.34. The topological polar surface area (TPSA) is 121 Å². The van der Waals surface area contributed by atoms with Gasteiger partial charge in [-0.1, -0.05) is 18.2 Å². The summed E-state index contributed by atoms with van der Waals surface area (Å²) in [5.74, 6) is -1.50. The molecular formula is C17H13FN4O4S. The zero-order valence-corrected chi connectivity index (χ0v) is 14.7. The molecule has 0 unspecified atom stereocenters.